The molecule has 1 aromatic heterocycles. The molecule has 1 aromatic carbocycles. The van der Waals surface area contributed by atoms with Gasteiger partial charge in [-0.3, -0.25) is 9.55 Å². The predicted octanol–water partition coefficient (Wildman–Crippen LogP) is 4.36. The maximum atomic E-state index is 13.2. The number of aryl methyl sites for hydroxylation is 3. The first-order valence-corrected chi connectivity index (χ1v) is 10.1. The third-order valence-corrected chi connectivity index (χ3v) is 6.76. The van der Waals surface area contributed by atoms with Gasteiger partial charge in [-0.2, -0.15) is 0 Å². The summed E-state index contributed by atoms with van der Waals surface area (Å²) < 4.78 is 29.0. The maximum Gasteiger partial charge on any atom is 0.339 e. The van der Waals surface area contributed by atoms with E-state index < -0.39 is 13.3 Å². The Morgan fingerprint density at radius 2 is 1.81 bits per heavy atom. The minimum absolute atomic E-state index is 0.0520. The number of aromatic nitrogens is 1. The van der Waals surface area contributed by atoms with Gasteiger partial charge in [0.25, 0.3) is 0 Å². The summed E-state index contributed by atoms with van der Waals surface area (Å²) in [6.07, 6.45) is 0. The van der Waals surface area contributed by atoms with Gasteiger partial charge in [-0.15, -0.1) is 0 Å². The van der Waals surface area contributed by atoms with E-state index in [0.29, 0.717) is 16.9 Å². The maximum absolute atomic E-state index is 13.2. The van der Waals surface area contributed by atoms with Crippen LogP contribution in [0.2, 0.25) is 0 Å². The lowest BCUT2D eigenvalue weighted by Gasteiger charge is -2.26. The zero-order chi connectivity index (χ0) is 20.2. The van der Waals surface area contributed by atoms with Gasteiger partial charge in [0.05, 0.1) is 18.5 Å². The molecule has 2 rings (SSSR count). The number of phenolic OH excluding ortho intramolecular Hbond substituents is 1. The van der Waals surface area contributed by atoms with Crippen molar-refractivity contribution in [1.29, 1.82) is 0 Å². The Balaban J connectivity index is 2.43. The monoisotopic (exact) mass is 394 g/mol. The molecule has 1 atom stereocenters. The zero-order valence-electron chi connectivity index (χ0n) is 16.6. The van der Waals surface area contributed by atoms with E-state index in [1.165, 1.54) is 21.3 Å². The van der Waals surface area contributed by atoms with Crippen molar-refractivity contribution in [3.63, 3.8) is 0 Å². The number of rotatable bonds is 8. The molecule has 148 valence electrons. The topological polar surface area (TPSA) is 89.9 Å². The quantitative estimate of drug-likeness (QED) is 0.643. The second-order valence-corrected chi connectivity index (χ2v) is 8.71. The number of nitrogens with one attached hydrogen (secondary N) is 1. The molecule has 0 saturated heterocycles. The van der Waals surface area contributed by atoms with Gasteiger partial charge in [0, 0.05) is 26.5 Å². The van der Waals surface area contributed by atoms with E-state index in [9.17, 15) is 9.67 Å². The van der Waals surface area contributed by atoms with E-state index in [4.69, 9.17) is 13.8 Å². The largest absolute Gasteiger partial charge is 0.504 e. The van der Waals surface area contributed by atoms with Crippen LogP contribution in [-0.4, -0.2) is 38.0 Å². The molecule has 8 heteroatoms. The first-order valence-electron chi connectivity index (χ1n) is 8.52. The molecule has 0 aliphatic rings. The van der Waals surface area contributed by atoms with E-state index in [2.05, 4.69) is 10.3 Å². The molecule has 1 unspecified atom stereocenters. The highest BCUT2D eigenvalue weighted by Crippen LogP contribution is 2.60. The molecule has 0 aliphatic heterocycles. The smallest absolute Gasteiger partial charge is 0.339 e. The van der Waals surface area contributed by atoms with Crippen molar-refractivity contribution < 1.29 is 23.5 Å². The molecule has 0 fully saturated rings. The molecule has 0 aliphatic carbocycles. The minimum Gasteiger partial charge on any atom is -0.504 e. The minimum atomic E-state index is -3.46. The number of hydrogen-bond donors (Lipinski definition) is 2. The molecule has 2 aromatic rings. The van der Waals surface area contributed by atoms with Gasteiger partial charge in [-0.25, -0.2) is 0 Å². The van der Waals surface area contributed by atoms with E-state index in [1.54, 1.807) is 19.1 Å². The van der Waals surface area contributed by atoms with E-state index >= 15 is 0 Å². The van der Waals surface area contributed by atoms with Crippen LogP contribution in [0.5, 0.6) is 11.5 Å². The summed E-state index contributed by atoms with van der Waals surface area (Å²) in [6.45, 7) is 5.88. The lowest BCUT2D eigenvalue weighted by atomic mass is 10.1. The van der Waals surface area contributed by atoms with Gasteiger partial charge in [0.2, 0.25) is 0 Å². The van der Waals surface area contributed by atoms with Crippen molar-refractivity contribution in [3.05, 3.63) is 46.8 Å². The lowest BCUT2D eigenvalue weighted by Crippen LogP contribution is -2.16. The molecular formula is C19H27N2O5P. The third-order valence-electron chi connectivity index (χ3n) is 4.49. The number of pyridine rings is 1. The van der Waals surface area contributed by atoms with Gasteiger partial charge in [-0.05, 0) is 50.1 Å². The van der Waals surface area contributed by atoms with Crippen LogP contribution in [0.1, 0.15) is 28.2 Å². The fourth-order valence-electron chi connectivity index (χ4n) is 2.94. The Labute approximate surface area is 160 Å². The lowest BCUT2D eigenvalue weighted by molar-refractivity contribution is 0.266. The number of methoxy groups -OCH3 is 1. The van der Waals surface area contributed by atoms with Crippen molar-refractivity contribution in [1.82, 2.24) is 4.98 Å². The van der Waals surface area contributed by atoms with Crippen LogP contribution in [-0.2, 0) is 13.6 Å². The van der Waals surface area contributed by atoms with Crippen molar-refractivity contribution in [3.8, 4) is 11.5 Å². The molecule has 0 spiro atoms. The number of phenols is 1. The van der Waals surface area contributed by atoms with Crippen LogP contribution >= 0.6 is 7.60 Å². The van der Waals surface area contributed by atoms with Gasteiger partial charge in [-0.1, -0.05) is 6.07 Å². The molecule has 7 nitrogen and oxygen atoms in total. The third kappa shape index (κ3) is 4.61. The molecule has 2 N–H and O–H groups in total. The van der Waals surface area contributed by atoms with E-state index in [1.807, 2.05) is 26.0 Å². The highest BCUT2D eigenvalue weighted by Gasteiger charge is 2.36. The Morgan fingerprint density at radius 1 is 1.15 bits per heavy atom. The summed E-state index contributed by atoms with van der Waals surface area (Å²) in [7, 11) is 0.734. The predicted molar refractivity (Wildman–Crippen MR) is 106 cm³/mol. The summed E-state index contributed by atoms with van der Waals surface area (Å²) in [5, 5.41) is 13.4. The van der Waals surface area contributed by atoms with Crippen LogP contribution in [0.3, 0.4) is 0 Å². The number of anilines is 1. The Bertz CT molecular complexity index is 848. The van der Waals surface area contributed by atoms with Crippen molar-refractivity contribution >= 4 is 13.3 Å². The summed E-state index contributed by atoms with van der Waals surface area (Å²) in [4.78, 5) is 4.43. The number of ether oxygens (including phenoxy) is 1. The average Bonchev–Trinajstić information content (AvgIpc) is 2.65. The van der Waals surface area contributed by atoms with Crippen LogP contribution < -0.4 is 10.1 Å². The SMILES string of the molecule is COc1cc(C(CNc2ccc(C)nc2C)P(=O)(OC)OC)cc(C)c1O. The van der Waals surface area contributed by atoms with Gasteiger partial charge in [0.15, 0.2) is 11.5 Å². The van der Waals surface area contributed by atoms with Gasteiger partial charge >= 0.3 is 7.60 Å². The molecule has 1 heterocycles. The van der Waals surface area contributed by atoms with Crippen LogP contribution in [0.15, 0.2) is 24.3 Å². The zero-order valence-corrected chi connectivity index (χ0v) is 17.5. The molecule has 0 amide bonds. The Kier molecular flexibility index (Phi) is 6.87. The van der Waals surface area contributed by atoms with Crippen LogP contribution in [0, 0.1) is 20.8 Å². The van der Waals surface area contributed by atoms with Crippen molar-refractivity contribution in [2.45, 2.75) is 26.4 Å². The summed E-state index contributed by atoms with van der Waals surface area (Å²) in [5.74, 6) is 0.359. The average molecular weight is 394 g/mol. The highest BCUT2D eigenvalue weighted by molar-refractivity contribution is 7.54. The first-order chi connectivity index (χ1) is 12.8. The molecule has 27 heavy (non-hydrogen) atoms. The number of hydrogen-bond acceptors (Lipinski definition) is 7. The van der Waals surface area contributed by atoms with E-state index in [0.717, 1.165) is 17.1 Å². The second-order valence-electron chi connectivity index (χ2n) is 6.28. The Hall–Kier alpha value is -2.08. The molecular weight excluding hydrogens is 367 g/mol. The number of benzene rings is 1. The highest BCUT2D eigenvalue weighted by atomic mass is 31.2. The van der Waals surface area contributed by atoms with E-state index in [-0.39, 0.29) is 12.3 Å². The van der Waals surface area contributed by atoms with Crippen molar-refractivity contribution in [2.75, 3.05) is 33.2 Å². The van der Waals surface area contributed by atoms with Gasteiger partial charge < -0.3 is 24.2 Å². The Morgan fingerprint density at radius 3 is 2.37 bits per heavy atom. The van der Waals surface area contributed by atoms with Crippen LogP contribution in [0.25, 0.3) is 0 Å². The summed E-state index contributed by atoms with van der Waals surface area (Å²) >= 11 is 0. The molecule has 0 radical (unpaired) electrons. The van der Waals surface area contributed by atoms with Gasteiger partial charge in [0.1, 0.15) is 5.66 Å². The fraction of sp³-hybridized carbons (Fsp3) is 0.421. The van der Waals surface area contributed by atoms with Crippen LogP contribution in [0.4, 0.5) is 5.69 Å². The normalized spacial score (nSPS) is 12.7. The first kappa shape index (κ1) is 21.2. The number of nitrogens with zero attached hydrogens (tertiary/aromatic N) is 1. The van der Waals surface area contributed by atoms with Crippen molar-refractivity contribution in [2.24, 2.45) is 0 Å². The summed E-state index contributed by atoms with van der Waals surface area (Å²) in [6, 6.07) is 7.25. The number of aromatic hydroxyl groups is 1. The standard InChI is InChI=1S/C19H27N2O5P/c1-12-9-15(10-17(24-4)19(12)22)18(27(23,25-5)26-6)11-20-16-8-7-13(2)21-14(16)3/h7-10,18,20,22H,11H2,1-6H3. The fourth-order valence-corrected chi connectivity index (χ4v) is 4.43. The summed E-state index contributed by atoms with van der Waals surface area (Å²) in [5.41, 5.74) is 3.29. The second kappa shape index (κ2) is 8.74. The molecule has 0 bridgehead atoms. The molecule has 0 saturated carbocycles.